The number of hydrogen-bond donors (Lipinski definition) is 2. The average molecular weight is 363 g/mol. The monoisotopic (exact) mass is 363 g/mol. The van der Waals surface area contributed by atoms with Gasteiger partial charge in [-0.05, 0) is 43.4 Å². The van der Waals surface area contributed by atoms with Crippen molar-refractivity contribution in [3.05, 3.63) is 82.0 Å². The number of benzene rings is 1. The predicted octanol–water partition coefficient (Wildman–Crippen LogP) is 1.67. The van der Waals surface area contributed by atoms with E-state index in [1.807, 2.05) is 37.3 Å². The molecule has 1 aromatic carbocycles. The minimum absolute atomic E-state index is 0.133. The molecular weight excluding hydrogens is 346 g/mol. The van der Waals surface area contributed by atoms with Crippen LogP contribution in [0, 0.1) is 12.3 Å². The van der Waals surface area contributed by atoms with Gasteiger partial charge in [-0.2, -0.15) is 0 Å². The van der Waals surface area contributed by atoms with E-state index in [2.05, 4.69) is 5.59 Å². The number of ketones is 1. The molecule has 0 spiro atoms. The van der Waals surface area contributed by atoms with Crippen LogP contribution in [0.1, 0.15) is 5.69 Å². The molecule has 2 heterocycles. The topological polar surface area (TPSA) is 92.4 Å². The molecule has 1 aromatic heterocycles. The van der Waals surface area contributed by atoms with E-state index < -0.39 is 0 Å². The van der Waals surface area contributed by atoms with Crippen molar-refractivity contribution in [3.8, 4) is 5.69 Å². The minimum Gasteiger partial charge on any atom is -0.367 e. The summed E-state index contributed by atoms with van der Waals surface area (Å²) in [6.07, 6.45) is 6.02. The molecule has 1 saturated heterocycles. The van der Waals surface area contributed by atoms with Gasteiger partial charge in [-0.3, -0.25) is 19.7 Å². The molecule has 27 heavy (non-hydrogen) atoms. The maximum Gasteiger partial charge on any atom is 0.297 e. The van der Waals surface area contributed by atoms with Crippen LogP contribution in [0.25, 0.3) is 5.69 Å². The summed E-state index contributed by atoms with van der Waals surface area (Å²) in [5.74, 6) is -0.269. The van der Waals surface area contributed by atoms with Crippen LogP contribution in [0.3, 0.4) is 0 Å². The maximum atomic E-state index is 13.2. The Labute approximate surface area is 154 Å². The Morgan fingerprint density at radius 2 is 1.70 bits per heavy atom. The van der Waals surface area contributed by atoms with Gasteiger partial charge in [0.1, 0.15) is 11.4 Å². The third-order valence-corrected chi connectivity index (χ3v) is 4.55. The Kier molecular flexibility index (Phi) is 3.89. The normalized spacial score (nSPS) is 16.4. The maximum absolute atomic E-state index is 13.2. The van der Waals surface area contributed by atoms with Gasteiger partial charge in [0, 0.05) is 12.6 Å². The predicted molar refractivity (Wildman–Crippen MR) is 100 cm³/mol. The zero-order chi connectivity index (χ0) is 19.1. The molecule has 0 unspecified atom stereocenters. The first-order valence-electron chi connectivity index (χ1n) is 8.29. The van der Waals surface area contributed by atoms with E-state index in [9.17, 15) is 9.59 Å². The summed E-state index contributed by atoms with van der Waals surface area (Å²) in [7, 11) is 1.79. The third-order valence-electron chi connectivity index (χ3n) is 4.55. The lowest BCUT2D eigenvalue weighted by Crippen LogP contribution is -2.34. The van der Waals surface area contributed by atoms with Gasteiger partial charge in [0.2, 0.25) is 0 Å². The van der Waals surface area contributed by atoms with Crippen molar-refractivity contribution in [1.82, 2.24) is 15.0 Å². The van der Waals surface area contributed by atoms with Crippen LogP contribution >= 0.6 is 0 Å². The zero-order valence-corrected chi connectivity index (χ0v) is 14.8. The molecule has 136 valence electrons. The van der Waals surface area contributed by atoms with Gasteiger partial charge in [-0.1, -0.05) is 23.8 Å². The number of carbonyl (C=O) groups excluding carboxylic acids is 1. The molecule has 2 aliphatic rings. The highest BCUT2D eigenvalue weighted by molar-refractivity contribution is 6.04. The molecule has 0 atom stereocenters. The molecule has 0 amide bonds. The summed E-state index contributed by atoms with van der Waals surface area (Å²) in [6.45, 7) is 1.82. The second kappa shape index (κ2) is 6.26. The first-order valence-corrected chi connectivity index (χ1v) is 8.29. The van der Waals surface area contributed by atoms with Crippen LogP contribution in [-0.2, 0) is 16.7 Å². The third kappa shape index (κ3) is 2.63. The van der Waals surface area contributed by atoms with Crippen molar-refractivity contribution >= 4 is 17.4 Å². The average Bonchev–Trinajstić information content (AvgIpc) is 3.14. The number of rotatable bonds is 2. The highest BCUT2D eigenvalue weighted by atomic mass is 16.7. The van der Waals surface area contributed by atoms with E-state index in [4.69, 9.17) is 10.2 Å². The molecule has 4 rings (SSSR count). The number of para-hydroxylation sites is 1. The van der Waals surface area contributed by atoms with Gasteiger partial charge in [0.15, 0.2) is 5.78 Å². The van der Waals surface area contributed by atoms with Crippen LogP contribution in [0.2, 0.25) is 0 Å². The Morgan fingerprint density at radius 3 is 2.37 bits per heavy atom. The van der Waals surface area contributed by atoms with Gasteiger partial charge in [-0.15, -0.1) is 0 Å². The van der Waals surface area contributed by atoms with E-state index in [1.165, 1.54) is 17.2 Å². The van der Waals surface area contributed by atoms with Crippen molar-refractivity contribution < 1.29 is 9.63 Å². The molecule has 0 radical (unpaired) electrons. The van der Waals surface area contributed by atoms with Crippen molar-refractivity contribution in [2.24, 2.45) is 7.05 Å². The molecule has 2 N–H and O–H groups in total. The zero-order valence-electron chi connectivity index (χ0n) is 14.8. The van der Waals surface area contributed by atoms with Gasteiger partial charge in [0.25, 0.3) is 11.5 Å². The molecule has 8 nitrogen and oxygen atoms in total. The lowest BCUT2D eigenvalue weighted by atomic mass is 10.1. The molecule has 0 bridgehead atoms. The Balaban J connectivity index is 1.89. The number of anilines is 1. The second-order valence-electron chi connectivity index (χ2n) is 6.14. The molecule has 0 saturated carbocycles. The summed E-state index contributed by atoms with van der Waals surface area (Å²) in [5.41, 5.74) is 5.08. The van der Waals surface area contributed by atoms with Gasteiger partial charge in [-0.25, -0.2) is 9.69 Å². The Morgan fingerprint density at radius 1 is 1.04 bits per heavy atom. The quantitative estimate of drug-likeness (QED) is 0.847. The van der Waals surface area contributed by atoms with Crippen LogP contribution in [0.5, 0.6) is 0 Å². The van der Waals surface area contributed by atoms with Gasteiger partial charge in [0.05, 0.1) is 11.4 Å². The largest absolute Gasteiger partial charge is 0.367 e. The highest BCUT2D eigenvalue weighted by Gasteiger charge is 2.34. The first kappa shape index (κ1) is 16.8. The van der Waals surface area contributed by atoms with Crippen molar-refractivity contribution in [2.45, 2.75) is 6.92 Å². The number of hydrazine groups is 1. The highest BCUT2D eigenvalue weighted by Crippen LogP contribution is 2.27. The standard InChI is InChI=1S/C19H17N5O3/c1-12-16(19(26)24(22(12)2)14-6-4-3-5-7-14)23-17(18(20)27-21-23)13-8-10-15(25)11-9-13/h3-11,20-21H,1-2H3. The number of allylic oxidation sites excluding steroid dienone is 5. The molecule has 2 aromatic rings. The smallest absolute Gasteiger partial charge is 0.297 e. The number of carbonyl (C=O) groups is 1. The Hall–Kier alpha value is -3.65. The molecule has 1 aliphatic heterocycles. The van der Waals surface area contributed by atoms with E-state index in [1.54, 1.807) is 28.6 Å². The van der Waals surface area contributed by atoms with E-state index in [-0.39, 0.29) is 17.2 Å². The first-order chi connectivity index (χ1) is 13.0. The fourth-order valence-corrected chi connectivity index (χ4v) is 3.13. The summed E-state index contributed by atoms with van der Waals surface area (Å²) in [5, 5.41) is 9.53. The lowest BCUT2D eigenvalue weighted by molar-refractivity contribution is -0.110. The number of nitrogens with zero attached hydrogens (tertiary/aromatic N) is 3. The van der Waals surface area contributed by atoms with Crippen LogP contribution < -0.4 is 16.2 Å². The Bertz CT molecular complexity index is 1080. The van der Waals surface area contributed by atoms with E-state index >= 15 is 0 Å². The fraction of sp³-hybridized carbons (Fsp3) is 0.105. The molecular formula is C19H17N5O3. The molecule has 1 aliphatic carbocycles. The van der Waals surface area contributed by atoms with Gasteiger partial charge < -0.3 is 4.84 Å². The fourth-order valence-electron chi connectivity index (χ4n) is 3.13. The van der Waals surface area contributed by atoms with Gasteiger partial charge >= 0.3 is 0 Å². The summed E-state index contributed by atoms with van der Waals surface area (Å²) in [6, 6.07) is 9.29. The number of hydrogen-bond acceptors (Lipinski definition) is 6. The molecule has 8 heteroatoms. The van der Waals surface area contributed by atoms with Crippen LogP contribution in [0.15, 0.2) is 70.7 Å². The van der Waals surface area contributed by atoms with E-state index in [0.29, 0.717) is 22.7 Å². The number of nitrogens with one attached hydrogen (secondary N) is 2. The van der Waals surface area contributed by atoms with Crippen molar-refractivity contribution in [3.63, 3.8) is 0 Å². The minimum atomic E-state index is -0.259. The summed E-state index contributed by atoms with van der Waals surface area (Å²) in [4.78, 5) is 29.8. The van der Waals surface area contributed by atoms with Crippen molar-refractivity contribution in [2.75, 3.05) is 5.01 Å². The summed E-state index contributed by atoms with van der Waals surface area (Å²) < 4.78 is 3.29. The van der Waals surface area contributed by atoms with Crippen LogP contribution in [-0.4, -0.2) is 21.0 Å². The van der Waals surface area contributed by atoms with Crippen molar-refractivity contribution in [1.29, 1.82) is 5.41 Å². The molecule has 1 fully saturated rings. The summed E-state index contributed by atoms with van der Waals surface area (Å²) >= 11 is 0. The second-order valence-corrected chi connectivity index (χ2v) is 6.14. The lowest BCUT2D eigenvalue weighted by Gasteiger charge is -2.16. The number of aromatic nitrogens is 2. The SMILES string of the molecule is Cc1c(N2NOC(=N)C2=C2C=CC(=O)C=C2)c(=O)n(-c2ccccc2)n1C. The van der Waals surface area contributed by atoms with Crippen LogP contribution in [0.4, 0.5) is 5.69 Å². The van der Waals surface area contributed by atoms with E-state index in [0.717, 1.165) is 5.69 Å².